The van der Waals surface area contributed by atoms with Crippen molar-refractivity contribution in [3.8, 4) is 0 Å². The first-order valence-corrected chi connectivity index (χ1v) is 5.40. The van der Waals surface area contributed by atoms with Gasteiger partial charge in [-0.1, -0.05) is 43.8 Å². The average Bonchev–Trinajstić information content (AvgIpc) is 2.34. The maximum Gasteiger partial charge on any atom is 0.408 e. The molecule has 0 aliphatic rings. The fourth-order valence-electron chi connectivity index (χ4n) is 1.28. The minimum atomic E-state index is -0.407. The second-order valence-corrected chi connectivity index (χ2v) is 3.40. The van der Waals surface area contributed by atoms with Crippen molar-refractivity contribution < 1.29 is 9.53 Å². The molecule has 0 bridgehead atoms. The van der Waals surface area contributed by atoms with E-state index in [9.17, 15) is 4.79 Å². The molecule has 0 saturated heterocycles. The van der Waals surface area contributed by atoms with E-state index in [2.05, 4.69) is 11.9 Å². The minimum absolute atomic E-state index is 0.391. The fourth-order valence-corrected chi connectivity index (χ4v) is 1.28. The van der Waals surface area contributed by atoms with E-state index in [0.717, 1.165) is 12.0 Å². The molecule has 0 radical (unpaired) electrons. The van der Waals surface area contributed by atoms with Crippen LogP contribution in [0.15, 0.2) is 43.0 Å². The van der Waals surface area contributed by atoms with Gasteiger partial charge in [0, 0.05) is 6.54 Å². The van der Waals surface area contributed by atoms with Gasteiger partial charge in [0.2, 0.25) is 0 Å². The molecule has 16 heavy (non-hydrogen) atoms. The summed E-state index contributed by atoms with van der Waals surface area (Å²) in [6.45, 7) is 6.28. The van der Waals surface area contributed by atoms with Crippen LogP contribution in [-0.2, 0) is 4.74 Å². The van der Waals surface area contributed by atoms with E-state index in [1.807, 2.05) is 37.3 Å². The quantitative estimate of drug-likeness (QED) is 0.773. The van der Waals surface area contributed by atoms with Crippen molar-refractivity contribution in [3.63, 3.8) is 0 Å². The van der Waals surface area contributed by atoms with Crippen molar-refractivity contribution in [2.45, 2.75) is 19.4 Å². The molecule has 0 heterocycles. The van der Waals surface area contributed by atoms with Gasteiger partial charge in [-0.3, -0.25) is 0 Å². The molecule has 0 aliphatic carbocycles. The van der Waals surface area contributed by atoms with Gasteiger partial charge in [-0.05, 0) is 18.1 Å². The first-order chi connectivity index (χ1) is 7.77. The highest BCUT2D eigenvalue weighted by molar-refractivity contribution is 5.67. The number of hydrogen-bond acceptors (Lipinski definition) is 2. The van der Waals surface area contributed by atoms with E-state index >= 15 is 0 Å². The number of amides is 1. The van der Waals surface area contributed by atoms with E-state index in [1.54, 1.807) is 6.08 Å². The summed E-state index contributed by atoms with van der Waals surface area (Å²) in [4.78, 5) is 11.4. The number of ether oxygens (including phenoxy) is 1. The number of hydrogen-bond donors (Lipinski definition) is 1. The molecule has 1 unspecified atom stereocenters. The molecule has 0 saturated carbocycles. The van der Waals surface area contributed by atoms with E-state index < -0.39 is 12.2 Å². The molecule has 86 valence electrons. The standard InChI is InChI=1S/C13H17NO2/c1-3-10-14-13(15)16-12(4-2)11-8-6-5-7-9-11/h4-9,12H,2-3,10H2,1H3,(H,14,15). The van der Waals surface area contributed by atoms with Crippen LogP contribution in [0.1, 0.15) is 25.0 Å². The Labute approximate surface area is 96.1 Å². The molecule has 1 atom stereocenters. The normalized spacial score (nSPS) is 11.6. The summed E-state index contributed by atoms with van der Waals surface area (Å²) in [6.07, 6.45) is 1.70. The fraction of sp³-hybridized carbons (Fsp3) is 0.308. The Morgan fingerprint density at radius 2 is 2.19 bits per heavy atom. The Balaban J connectivity index is 2.56. The van der Waals surface area contributed by atoms with Gasteiger partial charge >= 0.3 is 6.09 Å². The van der Waals surface area contributed by atoms with Crippen LogP contribution in [-0.4, -0.2) is 12.6 Å². The van der Waals surface area contributed by atoms with Crippen LogP contribution in [0, 0.1) is 0 Å². The maximum absolute atomic E-state index is 11.4. The average molecular weight is 219 g/mol. The maximum atomic E-state index is 11.4. The largest absolute Gasteiger partial charge is 0.437 e. The molecule has 1 N–H and O–H groups in total. The van der Waals surface area contributed by atoms with E-state index in [-0.39, 0.29) is 0 Å². The summed E-state index contributed by atoms with van der Waals surface area (Å²) in [7, 11) is 0. The SMILES string of the molecule is C=CC(OC(=O)NCCC)c1ccccc1. The summed E-state index contributed by atoms with van der Waals surface area (Å²) < 4.78 is 5.22. The lowest BCUT2D eigenvalue weighted by atomic mass is 10.1. The van der Waals surface area contributed by atoms with Crippen LogP contribution in [0.3, 0.4) is 0 Å². The Bertz CT molecular complexity index is 335. The predicted octanol–water partition coefficient (Wildman–Crippen LogP) is 3.05. The van der Waals surface area contributed by atoms with Crippen LogP contribution >= 0.6 is 0 Å². The van der Waals surface area contributed by atoms with Crippen LogP contribution in [0.2, 0.25) is 0 Å². The zero-order chi connectivity index (χ0) is 11.8. The third kappa shape index (κ3) is 3.77. The number of carbonyl (C=O) groups excluding carboxylic acids is 1. The van der Waals surface area contributed by atoms with Crippen LogP contribution in [0.25, 0.3) is 0 Å². The van der Waals surface area contributed by atoms with Crippen LogP contribution in [0.5, 0.6) is 0 Å². The smallest absolute Gasteiger partial charge is 0.408 e. The highest BCUT2D eigenvalue weighted by atomic mass is 16.6. The highest BCUT2D eigenvalue weighted by Crippen LogP contribution is 2.17. The Kier molecular flexibility index (Phi) is 5.12. The van der Waals surface area contributed by atoms with Gasteiger partial charge in [-0.15, -0.1) is 0 Å². The first-order valence-electron chi connectivity index (χ1n) is 5.40. The molecular weight excluding hydrogens is 202 g/mol. The van der Waals surface area contributed by atoms with Crippen molar-refractivity contribution in [2.75, 3.05) is 6.54 Å². The molecular formula is C13H17NO2. The lowest BCUT2D eigenvalue weighted by Crippen LogP contribution is -2.26. The second kappa shape index (κ2) is 6.67. The zero-order valence-electron chi connectivity index (χ0n) is 9.48. The molecule has 3 nitrogen and oxygen atoms in total. The van der Waals surface area contributed by atoms with E-state index in [0.29, 0.717) is 6.54 Å². The van der Waals surface area contributed by atoms with E-state index in [4.69, 9.17) is 4.74 Å². The topological polar surface area (TPSA) is 38.3 Å². The minimum Gasteiger partial charge on any atom is -0.437 e. The monoisotopic (exact) mass is 219 g/mol. The van der Waals surface area contributed by atoms with Gasteiger partial charge < -0.3 is 10.1 Å². The molecule has 1 aromatic carbocycles. The van der Waals surface area contributed by atoms with Gasteiger partial charge in [-0.25, -0.2) is 4.79 Å². The lowest BCUT2D eigenvalue weighted by Gasteiger charge is -2.14. The third-order valence-electron chi connectivity index (χ3n) is 2.10. The van der Waals surface area contributed by atoms with Crippen LogP contribution in [0.4, 0.5) is 4.79 Å². The second-order valence-electron chi connectivity index (χ2n) is 3.40. The first kappa shape index (κ1) is 12.3. The summed E-state index contributed by atoms with van der Waals surface area (Å²) in [5, 5.41) is 2.66. The van der Waals surface area contributed by atoms with Crippen molar-refractivity contribution in [1.29, 1.82) is 0 Å². The van der Waals surface area contributed by atoms with Crippen molar-refractivity contribution in [1.82, 2.24) is 5.32 Å². The van der Waals surface area contributed by atoms with Crippen molar-refractivity contribution in [3.05, 3.63) is 48.6 Å². The van der Waals surface area contributed by atoms with Crippen molar-refractivity contribution in [2.24, 2.45) is 0 Å². The summed E-state index contributed by atoms with van der Waals surface area (Å²) in [5.74, 6) is 0. The van der Waals surface area contributed by atoms with Gasteiger partial charge in [0.15, 0.2) is 0 Å². The number of alkyl carbamates (subject to hydrolysis) is 1. The van der Waals surface area contributed by atoms with Crippen molar-refractivity contribution >= 4 is 6.09 Å². The molecule has 0 aliphatic heterocycles. The molecule has 1 amide bonds. The third-order valence-corrected chi connectivity index (χ3v) is 2.10. The summed E-state index contributed by atoms with van der Waals surface area (Å²) in [5.41, 5.74) is 0.921. The predicted molar refractivity (Wildman–Crippen MR) is 64.2 cm³/mol. The lowest BCUT2D eigenvalue weighted by molar-refractivity contribution is 0.120. The highest BCUT2D eigenvalue weighted by Gasteiger charge is 2.11. The summed E-state index contributed by atoms with van der Waals surface area (Å²) >= 11 is 0. The zero-order valence-corrected chi connectivity index (χ0v) is 9.48. The molecule has 1 aromatic rings. The van der Waals surface area contributed by atoms with E-state index in [1.165, 1.54) is 0 Å². The molecule has 0 fully saturated rings. The van der Waals surface area contributed by atoms with Crippen LogP contribution < -0.4 is 5.32 Å². The Hall–Kier alpha value is -1.77. The summed E-state index contributed by atoms with van der Waals surface area (Å²) in [6, 6.07) is 9.53. The van der Waals surface area contributed by atoms with Gasteiger partial charge in [-0.2, -0.15) is 0 Å². The van der Waals surface area contributed by atoms with Gasteiger partial charge in [0.1, 0.15) is 6.10 Å². The number of benzene rings is 1. The van der Waals surface area contributed by atoms with Gasteiger partial charge in [0.25, 0.3) is 0 Å². The van der Waals surface area contributed by atoms with Gasteiger partial charge in [0.05, 0.1) is 0 Å². The Morgan fingerprint density at radius 1 is 1.50 bits per heavy atom. The molecule has 0 aromatic heterocycles. The number of nitrogens with one attached hydrogen (secondary N) is 1. The number of rotatable bonds is 5. The molecule has 0 spiro atoms. The number of carbonyl (C=O) groups is 1. The molecule has 3 heteroatoms. The molecule has 1 rings (SSSR count). The Morgan fingerprint density at radius 3 is 2.75 bits per heavy atom.